The summed E-state index contributed by atoms with van der Waals surface area (Å²) < 4.78 is 3.98. The molecule has 0 radical (unpaired) electrons. The maximum absolute atomic E-state index is 4.55. The van der Waals surface area contributed by atoms with E-state index in [9.17, 15) is 0 Å². The molecule has 0 bridgehead atoms. The van der Waals surface area contributed by atoms with Gasteiger partial charge in [0.15, 0.2) is 5.82 Å². The topological polar surface area (TPSA) is 93.3 Å². The molecule has 27 heavy (non-hydrogen) atoms. The van der Waals surface area contributed by atoms with Gasteiger partial charge in [0.1, 0.15) is 30.2 Å². The van der Waals surface area contributed by atoms with E-state index in [0.717, 1.165) is 54.4 Å². The molecule has 0 amide bonds. The highest BCUT2D eigenvalue weighted by atomic mass is 15.3. The Hall–Kier alpha value is -3.23. The Labute approximate surface area is 156 Å². The molecule has 5 heterocycles. The number of aromatic nitrogens is 8. The number of hydrogen-bond donors (Lipinski definition) is 1. The van der Waals surface area contributed by atoms with Gasteiger partial charge in [0.05, 0.1) is 5.39 Å². The van der Waals surface area contributed by atoms with Crippen molar-refractivity contribution in [3.05, 3.63) is 48.7 Å². The molecular weight excluding hydrogens is 342 g/mol. The molecule has 0 aliphatic carbocycles. The molecule has 138 valence electrons. The maximum Gasteiger partial charge on any atom is 0.154 e. The molecule has 9 nitrogen and oxygen atoms in total. The van der Waals surface area contributed by atoms with Gasteiger partial charge < -0.3 is 14.5 Å². The predicted molar refractivity (Wildman–Crippen MR) is 100 cm³/mol. The van der Waals surface area contributed by atoms with E-state index in [-0.39, 0.29) is 0 Å². The fourth-order valence-electron chi connectivity index (χ4n) is 3.90. The molecule has 1 fully saturated rings. The summed E-state index contributed by atoms with van der Waals surface area (Å²) in [6.45, 7) is 2.50. The highest BCUT2D eigenvalue weighted by Crippen LogP contribution is 2.31. The van der Waals surface area contributed by atoms with Gasteiger partial charge in [-0.2, -0.15) is 5.10 Å². The summed E-state index contributed by atoms with van der Waals surface area (Å²) in [5, 5.41) is 14.2. The van der Waals surface area contributed by atoms with Gasteiger partial charge in [0.25, 0.3) is 0 Å². The van der Waals surface area contributed by atoms with E-state index in [1.807, 2.05) is 36.3 Å². The summed E-state index contributed by atoms with van der Waals surface area (Å²) in [6.07, 6.45) is 9.46. The Morgan fingerprint density at radius 3 is 3.11 bits per heavy atom. The quantitative estimate of drug-likeness (QED) is 0.593. The summed E-state index contributed by atoms with van der Waals surface area (Å²) in [5.74, 6) is 3.26. The number of H-pyrrole nitrogens is 1. The first-order chi connectivity index (χ1) is 13.3. The van der Waals surface area contributed by atoms with Crippen LogP contribution in [0.25, 0.3) is 11.0 Å². The van der Waals surface area contributed by atoms with E-state index in [1.54, 1.807) is 12.5 Å². The molecule has 0 spiro atoms. The van der Waals surface area contributed by atoms with Crippen molar-refractivity contribution < 1.29 is 0 Å². The lowest BCUT2D eigenvalue weighted by molar-refractivity contribution is 0.476. The molecule has 5 rings (SSSR count). The van der Waals surface area contributed by atoms with Crippen molar-refractivity contribution in [2.24, 2.45) is 7.05 Å². The van der Waals surface area contributed by atoms with Crippen molar-refractivity contribution >= 4 is 16.9 Å². The van der Waals surface area contributed by atoms with Crippen LogP contribution < -0.4 is 4.90 Å². The van der Waals surface area contributed by atoms with Gasteiger partial charge in [0, 0.05) is 44.6 Å². The van der Waals surface area contributed by atoms with Gasteiger partial charge in [-0.15, -0.1) is 10.2 Å². The van der Waals surface area contributed by atoms with Crippen LogP contribution in [-0.2, 0) is 13.6 Å². The molecule has 0 aromatic carbocycles. The first kappa shape index (κ1) is 16.0. The molecular formula is C18H21N9. The minimum atomic E-state index is 0.326. The molecule has 4 aromatic rings. The zero-order chi connectivity index (χ0) is 18.2. The summed E-state index contributed by atoms with van der Waals surface area (Å²) in [6, 6.07) is 3.96. The Bertz CT molecular complexity index is 1050. The second-order valence-electron chi connectivity index (χ2n) is 6.96. The Morgan fingerprint density at radius 1 is 1.26 bits per heavy atom. The predicted octanol–water partition coefficient (Wildman–Crippen LogP) is 1.72. The average Bonchev–Trinajstić information content (AvgIpc) is 3.44. The van der Waals surface area contributed by atoms with E-state index < -0.39 is 0 Å². The van der Waals surface area contributed by atoms with Crippen molar-refractivity contribution in [2.45, 2.75) is 25.3 Å². The van der Waals surface area contributed by atoms with Gasteiger partial charge >= 0.3 is 0 Å². The van der Waals surface area contributed by atoms with Gasteiger partial charge in [0.2, 0.25) is 0 Å². The van der Waals surface area contributed by atoms with E-state index in [1.165, 1.54) is 0 Å². The number of nitrogens with one attached hydrogen (secondary N) is 1. The summed E-state index contributed by atoms with van der Waals surface area (Å²) in [4.78, 5) is 14.4. The van der Waals surface area contributed by atoms with E-state index >= 15 is 0 Å². The molecule has 1 saturated heterocycles. The highest BCUT2D eigenvalue weighted by Gasteiger charge is 2.27. The van der Waals surface area contributed by atoms with Crippen molar-refractivity contribution in [1.29, 1.82) is 0 Å². The van der Waals surface area contributed by atoms with Crippen LogP contribution in [0, 0.1) is 0 Å². The zero-order valence-corrected chi connectivity index (χ0v) is 15.2. The SMILES string of the molecule is Cn1c(Cn2cccn2)nnc1[C@@H]1CCCN(c2ncnc3[nH]ccc23)C1. The normalized spacial score (nSPS) is 17.7. The summed E-state index contributed by atoms with van der Waals surface area (Å²) >= 11 is 0. The van der Waals surface area contributed by atoms with Gasteiger partial charge in [-0.05, 0) is 25.0 Å². The maximum atomic E-state index is 4.55. The lowest BCUT2D eigenvalue weighted by Gasteiger charge is -2.33. The molecule has 1 N–H and O–H groups in total. The van der Waals surface area contributed by atoms with Crippen molar-refractivity contribution in [2.75, 3.05) is 18.0 Å². The van der Waals surface area contributed by atoms with Crippen molar-refractivity contribution in [3.8, 4) is 0 Å². The second-order valence-corrected chi connectivity index (χ2v) is 6.96. The first-order valence-corrected chi connectivity index (χ1v) is 9.18. The number of anilines is 1. The Morgan fingerprint density at radius 2 is 2.22 bits per heavy atom. The third-order valence-corrected chi connectivity index (χ3v) is 5.28. The Balaban J connectivity index is 1.40. The standard InChI is InChI=1S/C18H21N9/c1-25-15(11-27-9-3-6-22-27)23-24-17(25)13-4-2-8-26(10-13)18-14-5-7-19-16(14)20-12-21-18/h3,5-7,9,12-13H,2,4,8,10-11H2,1H3,(H,19,20,21)/t13-/m1/s1. The number of hydrogen-bond acceptors (Lipinski definition) is 6. The van der Waals surface area contributed by atoms with Gasteiger partial charge in [-0.1, -0.05) is 0 Å². The number of fused-ring (bicyclic) bond motifs is 1. The smallest absolute Gasteiger partial charge is 0.154 e. The summed E-state index contributed by atoms with van der Waals surface area (Å²) in [7, 11) is 2.04. The zero-order valence-electron chi connectivity index (χ0n) is 15.2. The fraction of sp³-hybridized carbons (Fsp3) is 0.389. The van der Waals surface area contributed by atoms with E-state index in [4.69, 9.17) is 0 Å². The minimum absolute atomic E-state index is 0.326. The van der Waals surface area contributed by atoms with Crippen LogP contribution in [0.4, 0.5) is 5.82 Å². The van der Waals surface area contributed by atoms with Crippen LogP contribution in [0.3, 0.4) is 0 Å². The largest absolute Gasteiger partial charge is 0.355 e. The molecule has 1 aliphatic heterocycles. The number of nitrogens with zero attached hydrogens (tertiary/aromatic N) is 8. The lowest BCUT2D eigenvalue weighted by Crippen LogP contribution is -2.36. The lowest BCUT2D eigenvalue weighted by atomic mass is 9.97. The molecule has 9 heteroatoms. The third-order valence-electron chi connectivity index (χ3n) is 5.28. The second kappa shape index (κ2) is 6.49. The Kier molecular flexibility index (Phi) is 3.84. The van der Waals surface area contributed by atoms with E-state index in [2.05, 4.69) is 39.7 Å². The van der Waals surface area contributed by atoms with Crippen LogP contribution in [0.2, 0.25) is 0 Å². The van der Waals surface area contributed by atoms with Crippen LogP contribution in [0.5, 0.6) is 0 Å². The number of rotatable bonds is 4. The first-order valence-electron chi connectivity index (χ1n) is 9.18. The van der Waals surface area contributed by atoms with Crippen LogP contribution in [0.15, 0.2) is 37.1 Å². The fourth-order valence-corrected chi connectivity index (χ4v) is 3.90. The third kappa shape index (κ3) is 2.84. The minimum Gasteiger partial charge on any atom is -0.355 e. The van der Waals surface area contributed by atoms with Crippen LogP contribution in [0.1, 0.15) is 30.4 Å². The van der Waals surface area contributed by atoms with Crippen LogP contribution >= 0.6 is 0 Å². The van der Waals surface area contributed by atoms with Crippen molar-refractivity contribution in [3.63, 3.8) is 0 Å². The highest BCUT2D eigenvalue weighted by molar-refractivity contribution is 5.87. The summed E-state index contributed by atoms with van der Waals surface area (Å²) in [5.41, 5.74) is 0.877. The van der Waals surface area contributed by atoms with Crippen molar-refractivity contribution in [1.82, 2.24) is 39.5 Å². The molecule has 1 atom stereocenters. The van der Waals surface area contributed by atoms with Crippen LogP contribution in [-0.4, -0.2) is 52.6 Å². The monoisotopic (exact) mass is 363 g/mol. The van der Waals surface area contributed by atoms with Gasteiger partial charge in [-0.25, -0.2) is 9.97 Å². The number of aromatic amines is 1. The van der Waals surface area contributed by atoms with Gasteiger partial charge in [-0.3, -0.25) is 4.68 Å². The molecule has 1 aliphatic rings. The average molecular weight is 363 g/mol. The van der Waals surface area contributed by atoms with E-state index in [0.29, 0.717) is 12.5 Å². The number of piperidine rings is 1. The molecule has 4 aromatic heterocycles. The molecule has 0 saturated carbocycles. The molecule has 0 unspecified atom stereocenters.